The van der Waals surface area contributed by atoms with Crippen molar-refractivity contribution in [3.05, 3.63) is 125 Å². The first-order valence-electron chi connectivity index (χ1n) is 23.7. The Morgan fingerprint density at radius 3 is 1.28 bits per heavy atom. The number of carbonyl (C=O) groups is 6. The van der Waals surface area contributed by atoms with E-state index >= 15 is 0 Å². The third-order valence-electron chi connectivity index (χ3n) is 11.2. The van der Waals surface area contributed by atoms with Gasteiger partial charge < -0.3 is 52.0 Å². The molecule has 0 radical (unpaired) electrons. The molecule has 0 saturated heterocycles. The van der Waals surface area contributed by atoms with Gasteiger partial charge in [0.2, 0.25) is 11.9 Å². The quantitative estimate of drug-likeness (QED) is 0.0314. The molecule has 4 heterocycles. The molecule has 2 aromatic carbocycles. The molecular weight excluding hydrogens is 1000 g/mol. The molecule has 0 saturated carbocycles. The van der Waals surface area contributed by atoms with Gasteiger partial charge in [0.05, 0.1) is 62.4 Å². The van der Waals surface area contributed by atoms with Crippen LogP contribution < -0.4 is 31.9 Å². The first kappa shape index (κ1) is 57.8. The molecule has 22 nitrogen and oxygen atoms in total. The Morgan fingerprint density at radius 1 is 0.547 bits per heavy atom. The number of methoxy groups -OCH3 is 1. The summed E-state index contributed by atoms with van der Waals surface area (Å²) in [4.78, 5) is 102. The molecule has 4 amide bonds. The SMILES string of the molecule is COC(=O)[C@H](CNC(=O)c1sc(C)nc1C)NC(=O)c1c(C)nc(NCCCc2cccc(O)c2)nc1C.Cc1nc(C)c(C(=O)NC[C@H](NC(=O)c2c(C)nc(NCCCc3cccc(O)c3)nc2C)C(=O)O)s1. The van der Waals surface area contributed by atoms with E-state index in [1.165, 1.54) is 29.8 Å². The largest absolute Gasteiger partial charge is 0.508 e. The number of amides is 4. The number of ether oxygens (including phenoxy) is 1. The predicted octanol–water partition coefficient (Wildman–Crippen LogP) is 5.15. The molecule has 0 unspecified atom stereocenters. The lowest BCUT2D eigenvalue weighted by molar-refractivity contribution is -0.142. The molecule has 0 bridgehead atoms. The van der Waals surface area contributed by atoms with Gasteiger partial charge in [-0.05, 0) is 116 Å². The summed E-state index contributed by atoms with van der Waals surface area (Å²) < 4.78 is 4.82. The molecular formula is C51H62N12O10S2. The predicted molar refractivity (Wildman–Crippen MR) is 283 cm³/mol. The maximum absolute atomic E-state index is 13.1. The summed E-state index contributed by atoms with van der Waals surface area (Å²) in [7, 11) is 1.21. The maximum atomic E-state index is 13.1. The van der Waals surface area contributed by atoms with E-state index in [1.54, 1.807) is 91.8 Å². The number of carboxylic acids is 1. The van der Waals surface area contributed by atoms with Gasteiger partial charge in [0, 0.05) is 26.2 Å². The Kier molecular flexibility index (Phi) is 21.0. The molecule has 0 aliphatic rings. The number of anilines is 2. The highest BCUT2D eigenvalue weighted by atomic mass is 32.1. The van der Waals surface area contributed by atoms with E-state index in [4.69, 9.17) is 4.74 Å². The maximum Gasteiger partial charge on any atom is 0.330 e. The minimum atomic E-state index is -1.35. The highest BCUT2D eigenvalue weighted by Crippen LogP contribution is 2.20. The van der Waals surface area contributed by atoms with Crippen LogP contribution in [0.1, 0.15) is 108 Å². The van der Waals surface area contributed by atoms with Gasteiger partial charge in [-0.3, -0.25) is 19.2 Å². The van der Waals surface area contributed by atoms with Gasteiger partial charge in [0.15, 0.2) is 0 Å². The number of hydrogen-bond donors (Lipinski definition) is 9. The smallest absolute Gasteiger partial charge is 0.330 e. The third-order valence-corrected chi connectivity index (χ3v) is 13.4. The summed E-state index contributed by atoms with van der Waals surface area (Å²) in [5, 5.41) is 46.8. The Hall–Kier alpha value is -8.12. The number of phenolic OH excluding ortho intramolecular Hbond substituents is 2. The van der Waals surface area contributed by atoms with Crippen LogP contribution in [0.2, 0.25) is 0 Å². The number of aromatic hydroxyl groups is 2. The zero-order valence-electron chi connectivity index (χ0n) is 43.1. The van der Waals surface area contributed by atoms with E-state index in [0.717, 1.165) is 46.8 Å². The van der Waals surface area contributed by atoms with Crippen LogP contribution in [-0.2, 0) is 27.2 Å². The lowest BCUT2D eigenvalue weighted by Crippen LogP contribution is -2.49. The summed E-state index contributed by atoms with van der Waals surface area (Å²) >= 11 is 2.47. The van der Waals surface area contributed by atoms with Gasteiger partial charge >= 0.3 is 11.9 Å². The number of aryl methyl sites for hydroxylation is 10. The van der Waals surface area contributed by atoms with Crippen molar-refractivity contribution in [1.29, 1.82) is 0 Å². The number of carbonyl (C=O) groups excluding carboxylic acids is 5. The van der Waals surface area contributed by atoms with Crippen LogP contribution in [0.3, 0.4) is 0 Å². The van der Waals surface area contributed by atoms with Gasteiger partial charge in [-0.15, -0.1) is 22.7 Å². The molecule has 75 heavy (non-hydrogen) atoms. The monoisotopic (exact) mass is 1070 g/mol. The molecule has 0 spiro atoms. The molecule has 6 aromatic rings. The number of benzene rings is 2. The number of carboxylic acid groups (broad SMARTS) is 1. The number of aliphatic carboxylic acids is 1. The lowest BCUT2D eigenvalue weighted by atomic mass is 10.1. The highest BCUT2D eigenvalue weighted by molar-refractivity contribution is 7.14. The lowest BCUT2D eigenvalue weighted by Gasteiger charge is -2.18. The van der Waals surface area contributed by atoms with Crippen LogP contribution in [-0.4, -0.2) is 126 Å². The van der Waals surface area contributed by atoms with E-state index in [0.29, 0.717) is 68.9 Å². The first-order valence-corrected chi connectivity index (χ1v) is 25.4. The highest BCUT2D eigenvalue weighted by Gasteiger charge is 2.28. The van der Waals surface area contributed by atoms with Gasteiger partial charge in [0.1, 0.15) is 33.3 Å². The number of rotatable bonds is 22. The molecule has 398 valence electrons. The van der Waals surface area contributed by atoms with Crippen molar-refractivity contribution in [2.24, 2.45) is 0 Å². The van der Waals surface area contributed by atoms with Crippen LogP contribution >= 0.6 is 22.7 Å². The van der Waals surface area contributed by atoms with Crippen molar-refractivity contribution in [2.45, 2.75) is 93.2 Å². The van der Waals surface area contributed by atoms with Gasteiger partial charge in [-0.1, -0.05) is 24.3 Å². The van der Waals surface area contributed by atoms with Crippen molar-refractivity contribution in [3.8, 4) is 11.5 Å². The molecule has 6 rings (SSSR count). The van der Waals surface area contributed by atoms with Crippen molar-refractivity contribution in [2.75, 3.05) is 43.9 Å². The Morgan fingerprint density at radius 2 is 0.933 bits per heavy atom. The van der Waals surface area contributed by atoms with E-state index in [2.05, 4.69) is 61.8 Å². The summed E-state index contributed by atoms with van der Waals surface area (Å²) in [6, 6.07) is 11.7. The molecule has 9 N–H and O–H groups in total. The van der Waals surface area contributed by atoms with E-state index in [-0.39, 0.29) is 41.6 Å². The minimum Gasteiger partial charge on any atom is -0.508 e. The van der Waals surface area contributed by atoms with Crippen molar-refractivity contribution in [1.82, 2.24) is 51.2 Å². The third kappa shape index (κ3) is 17.0. The van der Waals surface area contributed by atoms with Gasteiger partial charge in [0.25, 0.3) is 23.6 Å². The van der Waals surface area contributed by atoms with Gasteiger partial charge in [-0.2, -0.15) is 0 Å². The fraction of sp³-hybridized carbons (Fsp3) is 0.373. The number of phenols is 2. The standard InChI is InChI=1S/C26H32N6O5S.C25H30N6O5S/c1-14-21(15(2)31-26(30-14)27-11-7-9-18-8-6-10-19(33)12-18)23(34)32-20(25(36)37-5)13-28-24(35)22-16(3)29-17(4)38-22;1-13-20(14(2)30-25(29-13)26-10-6-8-17-7-5-9-18(32)11-17)22(33)31-19(24(35)36)12-27-23(34)21-15(3)28-16(4)37-21/h6,8,10,12,20,33H,7,9,11,13H2,1-5H3,(H,28,35)(H,32,34)(H,27,30,31);5,7,9,11,19,32H,6,8,10,12H2,1-4H3,(H,27,34)(H,31,33)(H,35,36)(H,26,29,30)/t20-;19-/m00/s1. The Balaban J connectivity index is 0.000000277. The molecule has 2 atom stereocenters. The van der Waals surface area contributed by atoms with E-state index < -0.39 is 41.7 Å². The second-order valence-corrected chi connectivity index (χ2v) is 19.6. The van der Waals surface area contributed by atoms with Crippen molar-refractivity contribution >= 4 is 70.1 Å². The van der Waals surface area contributed by atoms with Crippen LogP contribution in [0.5, 0.6) is 11.5 Å². The van der Waals surface area contributed by atoms with Crippen LogP contribution in [0.25, 0.3) is 0 Å². The second kappa shape index (κ2) is 27.2. The first-order chi connectivity index (χ1) is 35.6. The van der Waals surface area contributed by atoms with Crippen LogP contribution in [0.4, 0.5) is 11.9 Å². The fourth-order valence-corrected chi connectivity index (χ4v) is 9.36. The molecule has 0 aliphatic heterocycles. The number of nitrogens with zero attached hydrogens (tertiary/aromatic N) is 6. The molecule has 0 aliphatic carbocycles. The van der Waals surface area contributed by atoms with Gasteiger partial charge in [-0.25, -0.2) is 39.5 Å². The van der Waals surface area contributed by atoms with Crippen molar-refractivity contribution in [3.63, 3.8) is 0 Å². The van der Waals surface area contributed by atoms with Crippen LogP contribution in [0.15, 0.2) is 48.5 Å². The number of esters is 1. The minimum absolute atomic E-state index is 0.161. The normalized spacial score (nSPS) is 11.5. The zero-order chi connectivity index (χ0) is 54.9. The molecule has 0 fully saturated rings. The van der Waals surface area contributed by atoms with Crippen molar-refractivity contribution < 1.29 is 48.8 Å². The fourth-order valence-electron chi connectivity index (χ4n) is 7.69. The number of hydrogen-bond acceptors (Lipinski definition) is 19. The summed E-state index contributed by atoms with van der Waals surface area (Å²) in [6.07, 6.45) is 3.10. The molecule has 24 heteroatoms. The second-order valence-electron chi connectivity index (χ2n) is 17.2. The summed E-state index contributed by atoms with van der Waals surface area (Å²) in [5.41, 5.74) is 5.29. The molecule has 4 aromatic heterocycles. The number of nitrogens with one attached hydrogen (secondary N) is 6. The Labute approximate surface area is 441 Å². The summed E-state index contributed by atoms with van der Waals surface area (Å²) in [5.74, 6) is -2.79. The van der Waals surface area contributed by atoms with Crippen LogP contribution in [0, 0.1) is 55.4 Å². The topological polar surface area (TPSA) is 322 Å². The average Bonchev–Trinajstić information content (AvgIpc) is 3.88. The van der Waals surface area contributed by atoms with E-state index in [1.807, 2.05) is 12.1 Å². The summed E-state index contributed by atoms with van der Waals surface area (Å²) in [6.45, 7) is 14.4. The number of thiazole rings is 2. The number of aromatic nitrogens is 6. The zero-order valence-corrected chi connectivity index (χ0v) is 44.8. The Bertz CT molecular complexity index is 2990. The average molecular weight is 1070 g/mol. The van der Waals surface area contributed by atoms with E-state index in [9.17, 15) is 44.1 Å².